The zero-order chi connectivity index (χ0) is 18.1. The molecule has 2 atom stereocenters. The van der Waals surface area contributed by atoms with Gasteiger partial charge in [-0.2, -0.15) is 5.10 Å². The van der Waals surface area contributed by atoms with Crippen LogP contribution in [0.4, 0.5) is 0 Å². The van der Waals surface area contributed by atoms with Crippen molar-refractivity contribution in [2.45, 2.75) is 64.6 Å². The van der Waals surface area contributed by atoms with Crippen LogP contribution >= 0.6 is 0 Å². The van der Waals surface area contributed by atoms with E-state index >= 15 is 0 Å². The highest BCUT2D eigenvalue weighted by atomic mass is 16.5. The van der Waals surface area contributed by atoms with Crippen molar-refractivity contribution in [2.24, 2.45) is 0 Å². The Labute approximate surface area is 152 Å². The summed E-state index contributed by atoms with van der Waals surface area (Å²) in [6.07, 6.45) is 4.67. The average molecular weight is 359 g/mol. The fraction of sp³-hybridized carbons (Fsp3) is 0.667. The van der Waals surface area contributed by atoms with Crippen molar-refractivity contribution in [1.82, 2.24) is 24.9 Å². The summed E-state index contributed by atoms with van der Waals surface area (Å²) < 4.78 is 13.3. The van der Waals surface area contributed by atoms with Crippen LogP contribution in [-0.4, -0.2) is 43.9 Å². The van der Waals surface area contributed by atoms with E-state index in [1.165, 1.54) is 0 Å². The molecule has 1 amide bonds. The molecule has 2 aliphatic heterocycles. The van der Waals surface area contributed by atoms with Crippen LogP contribution in [0.3, 0.4) is 0 Å². The van der Waals surface area contributed by atoms with Gasteiger partial charge in [-0.3, -0.25) is 9.48 Å². The first-order valence-electron chi connectivity index (χ1n) is 9.47. The van der Waals surface area contributed by atoms with Gasteiger partial charge in [0.05, 0.1) is 5.69 Å². The number of ether oxygens (including phenoxy) is 1. The number of carbonyl (C=O) groups excluding carboxylic acids is 1. The number of carbonyl (C=O) groups is 1. The quantitative estimate of drug-likeness (QED) is 0.834. The van der Waals surface area contributed by atoms with Crippen LogP contribution in [0, 0.1) is 6.92 Å². The second kappa shape index (κ2) is 7.19. The Morgan fingerprint density at radius 2 is 2.08 bits per heavy atom. The van der Waals surface area contributed by atoms with Gasteiger partial charge in [0, 0.05) is 19.7 Å². The van der Waals surface area contributed by atoms with Gasteiger partial charge in [-0.1, -0.05) is 0 Å². The van der Waals surface area contributed by atoms with Gasteiger partial charge in [-0.05, 0) is 52.0 Å². The van der Waals surface area contributed by atoms with E-state index in [1.54, 1.807) is 4.68 Å². The molecule has 2 aliphatic rings. The monoisotopic (exact) mass is 359 g/mol. The lowest BCUT2D eigenvalue weighted by Gasteiger charge is -2.33. The van der Waals surface area contributed by atoms with Gasteiger partial charge < -0.3 is 14.1 Å². The van der Waals surface area contributed by atoms with E-state index in [-0.39, 0.29) is 18.1 Å². The third-order valence-corrected chi connectivity index (χ3v) is 5.13. The molecule has 8 heteroatoms. The molecule has 140 valence electrons. The number of likely N-dealkylation sites (tertiary alicyclic amines) is 1. The number of aromatic nitrogens is 4. The molecule has 0 spiro atoms. The Morgan fingerprint density at radius 3 is 2.85 bits per heavy atom. The van der Waals surface area contributed by atoms with E-state index in [9.17, 15) is 4.79 Å². The number of rotatable bonds is 4. The lowest BCUT2D eigenvalue weighted by molar-refractivity contribution is 0.0538. The maximum absolute atomic E-state index is 13.2. The standard InChI is InChI=1S/C18H25N5O3/c1-3-23-14(11-12(2)21-23)18(24)22-9-5-4-7-13(22)16-19-20-17(26-16)15-8-6-10-25-15/h11,13,15H,3-10H2,1-2H3/t13-,15+/m0/s1. The van der Waals surface area contributed by atoms with Crippen LogP contribution < -0.4 is 0 Å². The Hall–Kier alpha value is -2.22. The van der Waals surface area contributed by atoms with E-state index < -0.39 is 0 Å². The zero-order valence-electron chi connectivity index (χ0n) is 15.3. The maximum atomic E-state index is 13.2. The van der Waals surface area contributed by atoms with Crippen LogP contribution in [-0.2, 0) is 11.3 Å². The Bertz CT molecular complexity index is 778. The fourth-order valence-electron chi connectivity index (χ4n) is 3.82. The average Bonchev–Trinajstić information content (AvgIpc) is 3.40. The summed E-state index contributed by atoms with van der Waals surface area (Å²) in [5.41, 5.74) is 1.47. The Morgan fingerprint density at radius 1 is 1.23 bits per heavy atom. The third kappa shape index (κ3) is 3.13. The van der Waals surface area contributed by atoms with E-state index in [0.717, 1.165) is 44.4 Å². The highest BCUT2D eigenvalue weighted by Gasteiger charge is 2.35. The summed E-state index contributed by atoms with van der Waals surface area (Å²) in [6, 6.07) is 1.67. The van der Waals surface area contributed by atoms with Gasteiger partial charge in [0.2, 0.25) is 11.8 Å². The van der Waals surface area contributed by atoms with E-state index in [0.29, 0.717) is 30.6 Å². The van der Waals surface area contributed by atoms with Crippen LogP contribution in [0.15, 0.2) is 10.5 Å². The minimum atomic E-state index is -0.181. The van der Waals surface area contributed by atoms with Gasteiger partial charge in [-0.25, -0.2) is 0 Å². The van der Waals surface area contributed by atoms with Gasteiger partial charge in [0.1, 0.15) is 17.8 Å². The van der Waals surface area contributed by atoms with Crippen molar-refractivity contribution < 1.29 is 13.9 Å². The summed E-state index contributed by atoms with van der Waals surface area (Å²) in [4.78, 5) is 15.1. The minimum absolute atomic E-state index is 0.0194. The summed E-state index contributed by atoms with van der Waals surface area (Å²) >= 11 is 0. The lowest BCUT2D eigenvalue weighted by Crippen LogP contribution is -2.39. The highest BCUT2D eigenvalue weighted by molar-refractivity contribution is 5.93. The molecule has 4 rings (SSSR count). The minimum Gasteiger partial charge on any atom is -0.420 e. The molecule has 8 nitrogen and oxygen atoms in total. The number of amides is 1. The SMILES string of the molecule is CCn1nc(C)cc1C(=O)N1CCCC[C@H]1c1nnc([C@H]2CCCO2)o1. The number of piperidine rings is 1. The van der Waals surface area contributed by atoms with E-state index in [4.69, 9.17) is 9.15 Å². The highest BCUT2D eigenvalue weighted by Crippen LogP contribution is 2.34. The summed E-state index contributed by atoms with van der Waals surface area (Å²) in [5.74, 6) is 1.03. The largest absolute Gasteiger partial charge is 0.420 e. The summed E-state index contributed by atoms with van der Waals surface area (Å²) in [7, 11) is 0. The van der Waals surface area contributed by atoms with Gasteiger partial charge >= 0.3 is 0 Å². The number of hydrogen-bond donors (Lipinski definition) is 0. The molecule has 2 fully saturated rings. The maximum Gasteiger partial charge on any atom is 0.272 e. The molecule has 0 unspecified atom stereocenters. The van der Waals surface area contributed by atoms with Crippen molar-refractivity contribution >= 4 is 5.91 Å². The van der Waals surface area contributed by atoms with Gasteiger partial charge in [0.25, 0.3) is 5.91 Å². The van der Waals surface area contributed by atoms with Crippen molar-refractivity contribution in [3.05, 3.63) is 29.2 Å². The molecular formula is C18H25N5O3. The van der Waals surface area contributed by atoms with Crippen LogP contribution in [0.5, 0.6) is 0 Å². The van der Waals surface area contributed by atoms with Gasteiger partial charge in [-0.15, -0.1) is 10.2 Å². The molecular weight excluding hydrogens is 334 g/mol. The molecule has 4 heterocycles. The first-order chi connectivity index (χ1) is 12.7. The summed E-state index contributed by atoms with van der Waals surface area (Å²) in [6.45, 7) is 5.98. The summed E-state index contributed by atoms with van der Waals surface area (Å²) in [5, 5.41) is 12.8. The van der Waals surface area contributed by atoms with Crippen LogP contribution in [0.25, 0.3) is 0 Å². The molecule has 2 aromatic heterocycles. The number of hydrogen-bond acceptors (Lipinski definition) is 6. The number of nitrogens with zero attached hydrogens (tertiary/aromatic N) is 5. The first-order valence-corrected chi connectivity index (χ1v) is 9.47. The predicted octanol–water partition coefficient (Wildman–Crippen LogP) is 2.81. The molecule has 0 N–H and O–H groups in total. The molecule has 0 radical (unpaired) electrons. The van der Waals surface area contributed by atoms with E-state index in [2.05, 4.69) is 15.3 Å². The molecule has 26 heavy (non-hydrogen) atoms. The Balaban J connectivity index is 1.59. The third-order valence-electron chi connectivity index (χ3n) is 5.13. The molecule has 0 bridgehead atoms. The van der Waals surface area contributed by atoms with E-state index in [1.807, 2.05) is 24.8 Å². The lowest BCUT2D eigenvalue weighted by atomic mass is 10.0. The van der Waals surface area contributed by atoms with Crippen molar-refractivity contribution in [2.75, 3.05) is 13.2 Å². The second-order valence-corrected chi connectivity index (χ2v) is 6.98. The predicted molar refractivity (Wildman–Crippen MR) is 92.5 cm³/mol. The molecule has 2 aromatic rings. The fourth-order valence-corrected chi connectivity index (χ4v) is 3.82. The topological polar surface area (TPSA) is 86.3 Å². The van der Waals surface area contributed by atoms with Gasteiger partial charge in [0.15, 0.2) is 0 Å². The van der Waals surface area contributed by atoms with Crippen molar-refractivity contribution in [1.29, 1.82) is 0 Å². The molecule has 0 saturated carbocycles. The van der Waals surface area contributed by atoms with Crippen LogP contribution in [0.2, 0.25) is 0 Å². The molecule has 0 aliphatic carbocycles. The molecule has 0 aromatic carbocycles. The zero-order valence-corrected chi connectivity index (χ0v) is 15.3. The van der Waals surface area contributed by atoms with Crippen molar-refractivity contribution in [3.63, 3.8) is 0 Å². The molecule has 2 saturated heterocycles. The Kier molecular flexibility index (Phi) is 4.76. The normalized spacial score (nSPS) is 23.5. The van der Waals surface area contributed by atoms with Crippen LogP contribution in [0.1, 0.15) is 79.1 Å². The van der Waals surface area contributed by atoms with Crippen molar-refractivity contribution in [3.8, 4) is 0 Å². The second-order valence-electron chi connectivity index (χ2n) is 6.98. The number of aryl methyl sites for hydroxylation is 2. The first kappa shape index (κ1) is 17.2. The smallest absolute Gasteiger partial charge is 0.272 e.